The maximum absolute atomic E-state index is 12.2. The Balaban J connectivity index is 2.01. The first-order valence-electron chi connectivity index (χ1n) is 7.39. The molecule has 2 heterocycles. The average molecular weight is 507 g/mol. The quantitative estimate of drug-likeness (QED) is 0.194. The number of imidazole rings is 1. The van der Waals surface area contributed by atoms with Gasteiger partial charge in [0.15, 0.2) is 0 Å². The third-order valence-electron chi connectivity index (χ3n) is 4.85. The van der Waals surface area contributed by atoms with Crippen LogP contribution in [0.25, 0.3) is 0 Å². The van der Waals surface area contributed by atoms with Crippen LogP contribution in [0.4, 0.5) is 0 Å². The third-order valence-corrected chi connectivity index (χ3v) is 14.3. The van der Waals surface area contributed by atoms with Crippen molar-refractivity contribution < 1.29 is 34.4 Å². The van der Waals surface area contributed by atoms with Crippen LogP contribution in [0.1, 0.15) is 12.8 Å². The van der Waals surface area contributed by atoms with Gasteiger partial charge in [-0.05, 0) is 0 Å². The van der Waals surface area contributed by atoms with E-state index in [1.54, 1.807) is 0 Å². The number of rotatable bonds is 7. The molecule has 0 radical (unpaired) electrons. The van der Waals surface area contributed by atoms with Crippen LogP contribution in [0, 0.1) is 0 Å². The van der Waals surface area contributed by atoms with Crippen molar-refractivity contribution in [2.45, 2.75) is 35.4 Å². The van der Waals surface area contributed by atoms with Crippen molar-refractivity contribution in [3.05, 3.63) is 18.7 Å². The van der Waals surface area contributed by atoms with E-state index in [1.165, 1.54) is 45.3 Å². The zero-order valence-electron chi connectivity index (χ0n) is 13.3. The molecule has 142 valence electrons. The number of carbonyl (C=O) groups excluding carboxylic acids is 1. The molecule has 1 aliphatic carbocycles. The van der Waals surface area contributed by atoms with Gasteiger partial charge in [0.1, 0.15) is 0 Å². The van der Waals surface area contributed by atoms with Crippen LogP contribution in [0.3, 0.4) is 0 Å². The second-order valence-electron chi connectivity index (χ2n) is 6.54. The van der Waals surface area contributed by atoms with E-state index >= 15 is 0 Å². The van der Waals surface area contributed by atoms with Gasteiger partial charge in [0.2, 0.25) is 0 Å². The van der Waals surface area contributed by atoms with E-state index in [9.17, 15) is 24.6 Å². The van der Waals surface area contributed by atoms with Gasteiger partial charge in [-0.15, -0.1) is 0 Å². The van der Waals surface area contributed by atoms with Gasteiger partial charge < -0.3 is 0 Å². The van der Waals surface area contributed by atoms with Crippen LogP contribution in [0.5, 0.6) is 0 Å². The molecule has 1 aliphatic heterocycles. The summed E-state index contributed by atoms with van der Waals surface area (Å²) in [6, 6.07) is 0. The van der Waals surface area contributed by atoms with Crippen LogP contribution in [-0.4, -0.2) is 64.4 Å². The summed E-state index contributed by atoms with van der Waals surface area (Å²) < 4.78 is -3.38. The molecule has 0 bridgehead atoms. The molecule has 0 aromatic carbocycles. The number of halogens is 1. The van der Waals surface area contributed by atoms with Crippen molar-refractivity contribution in [2.75, 3.05) is 13.2 Å². The number of nitrogens with two attached hydrogens (primary N) is 1. The standard InChI is InChI=1S/C12H20IN3O7P2/c1-25(13,20,21)12(18,7-16-5-4-15-8-16)24(19)11-3-2-10(11,22-23-11)9(17)6-14/h4-5,8,18-21H,2-3,6-7,14H2,1H3/t10?,11-,12?,24+/m0/s1. The van der Waals surface area contributed by atoms with E-state index in [1.807, 2.05) is 0 Å². The predicted molar refractivity (Wildman–Crippen MR) is 98.5 cm³/mol. The first-order valence-corrected chi connectivity index (χ1v) is 14.1. The number of aliphatic hydroxyl groups is 1. The number of hydrogen-bond donors (Lipinski definition) is 5. The van der Waals surface area contributed by atoms with Crippen molar-refractivity contribution in [3.63, 3.8) is 0 Å². The molecular weight excluding hydrogens is 487 g/mol. The van der Waals surface area contributed by atoms with Gasteiger partial charge >= 0.3 is 158 Å². The van der Waals surface area contributed by atoms with Crippen LogP contribution < -0.4 is 5.73 Å². The van der Waals surface area contributed by atoms with Gasteiger partial charge in [-0.1, -0.05) is 0 Å². The summed E-state index contributed by atoms with van der Waals surface area (Å²) >= 11 is 1.38. The molecule has 25 heavy (non-hydrogen) atoms. The monoisotopic (exact) mass is 507 g/mol. The number of carbonyl (C=O) groups is 1. The summed E-state index contributed by atoms with van der Waals surface area (Å²) in [5, 5.41) is 7.42. The number of fused-ring (bicyclic) bond motifs is 1. The zero-order valence-corrected chi connectivity index (χ0v) is 17.3. The van der Waals surface area contributed by atoms with E-state index in [-0.39, 0.29) is 25.9 Å². The molecule has 13 heteroatoms. The molecule has 2 aliphatic rings. The average Bonchev–Trinajstić information content (AvgIpc) is 3.00. The fourth-order valence-electron chi connectivity index (χ4n) is 3.13. The summed E-state index contributed by atoms with van der Waals surface area (Å²) in [6.45, 7) is 0.444. The van der Waals surface area contributed by atoms with Crippen molar-refractivity contribution in [3.8, 4) is 0 Å². The van der Waals surface area contributed by atoms with Gasteiger partial charge in [0.05, 0.1) is 0 Å². The molecule has 10 nitrogen and oxygen atoms in total. The molecule has 6 N–H and O–H groups in total. The fourth-order valence-corrected chi connectivity index (χ4v) is 10.0. The Morgan fingerprint density at radius 3 is 2.56 bits per heavy atom. The molecule has 4 atom stereocenters. The Morgan fingerprint density at radius 1 is 1.52 bits per heavy atom. The van der Waals surface area contributed by atoms with E-state index in [4.69, 9.17) is 15.5 Å². The molecule has 0 amide bonds. The van der Waals surface area contributed by atoms with E-state index in [0.717, 1.165) is 6.66 Å². The minimum atomic E-state index is -4.80. The zero-order chi connectivity index (χ0) is 18.8. The Morgan fingerprint density at radius 2 is 2.20 bits per heavy atom. The summed E-state index contributed by atoms with van der Waals surface area (Å²) in [5.41, 5.74) is 3.98. The number of nitrogens with zero attached hydrogens (tertiary/aromatic N) is 2. The van der Waals surface area contributed by atoms with Crippen LogP contribution in [0.15, 0.2) is 18.7 Å². The molecular formula is C12H20IN3O7P2. The number of aromatic nitrogens is 2. The van der Waals surface area contributed by atoms with E-state index in [0.29, 0.717) is 0 Å². The van der Waals surface area contributed by atoms with Crippen LogP contribution >= 0.6 is 34.9 Å². The minimum absolute atomic E-state index is 0.232. The van der Waals surface area contributed by atoms with Gasteiger partial charge in [0, 0.05) is 0 Å². The Hall–Kier alpha value is 0.190. The Bertz CT molecular complexity index is 677. The number of ketones is 1. The van der Waals surface area contributed by atoms with E-state index in [2.05, 4.69) is 4.98 Å². The first-order chi connectivity index (χ1) is 11.4. The summed E-state index contributed by atoms with van der Waals surface area (Å²) in [5.74, 6) is -0.461. The molecule has 1 aromatic heterocycles. The second kappa shape index (κ2) is 5.84. The van der Waals surface area contributed by atoms with Gasteiger partial charge in [-0.3, -0.25) is 0 Å². The van der Waals surface area contributed by atoms with Crippen molar-refractivity contribution >= 4 is 40.7 Å². The molecule has 3 rings (SSSR count). The van der Waals surface area contributed by atoms with E-state index < -0.39 is 34.7 Å². The van der Waals surface area contributed by atoms with Crippen LogP contribution in [-0.2, 0) is 21.1 Å². The first kappa shape index (κ1) is 19.9. The van der Waals surface area contributed by atoms with Crippen molar-refractivity contribution in [1.82, 2.24) is 9.55 Å². The molecule has 2 fully saturated rings. The summed E-state index contributed by atoms with van der Waals surface area (Å²) in [6.07, 6.45) is 4.86. The molecule has 1 aromatic rings. The summed E-state index contributed by atoms with van der Waals surface area (Å²) in [7, 11) is -2.63. The van der Waals surface area contributed by atoms with Gasteiger partial charge in [0.25, 0.3) is 0 Å². The summed E-state index contributed by atoms with van der Waals surface area (Å²) in [4.78, 5) is 58.6. The Kier molecular flexibility index (Phi) is 4.66. The predicted octanol–water partition coefficient (Wildman–Crippen LogP) is -0.0154. The fraction of sp³-hybridized carbons (Fsp3) is 0.667. The van der Waals surface area contributed by atoms with Crippen molar-refractivity contribution in [1.29, 1.82) is 0 Å². The van der Waals surface area contributed by atoms with Crippen molar-refractivity contribution in [2.24, 2.45) is 5.73 Å². The third kappa shape index (κ3) is 2.64. The van der Waals surface area contributed by atoms with Gasteiger partial charge in [-0.25, -0.2) is 0 Å². The number of Topliss-reactive ketones (excluding diaryl/α,β-unsaturated/α-hetero) is 1. The molecule has 1 saturated carbocycles. The molecule has 2 unspecified atom stereocenters. The number of hydrogen-bond acceptors (Lipinski definition) is 9. The maximum atomic E-state index is 12.2. The second-order valence-corrected chi connectivity index (χ2v) is 19.3. The van der Waals surface area contributed by atoms with Crippen LogP contribution in [0.2, 0.25) is 0 Å². The Labute approximate surface area is 157 Å². The topological polar surface area (TPSA) is 160 Å². The van der Waals surface area contributed by atoms with Gasteiger partial charge in [-0.2, -0.15) is 0 Å². The normalized spacial score (nSPS) is 33.8. The molecule has 1 saturated heterocycles. The SMILES string of the molecule is CP(O)(O)(I)C(O)(Cn1ccnc1)[P@](O)[C@@]12CCC1(C(=O)CN)OO2. The molecule has 0 spiro atoms.